The van der Waals surface area contributed by atoms with Crippen molar-refractivity contribution in [3.8, 4) is 0 Å². The van der Waals surface area contributed by atoms with Crippen LogP contribution in [0.25, 0.3) is 0 Å². The average Bonchev–Trinajstić information content (AvgIpc) is 2.73. The summed E-state index contributed by atoms with van der Waals surface area (Å²) in [5.74, 6) is 0. The molecular weight excluding hydrogens is 220 g/mol. The van der Waals surface area contributed by atoms with Gasteiger partial charge in [-0.3, -0.25) is 0 Å². The van der Waals surface area contributed by atoms with Crippen molar-refractivity contribution >= 4 is 0 Å². The molecular formula is C13H24O4. The van der Waals surface area contributed by atoms with Crippen LogP contribution < -0.4 is 0 Å². The van der Waals surface area contributed by atoms with Gasteiger partial charge in [0.1, 0.15) is 0 Å². The molecule has 0 saturated carbocycles. The Morgan fingerprint density at radius 3 is 2.65 bits per heavy atom. The molecule has 17 heavy (non-hydrogen) atoms. The number of aliphatic hydroxyl groups is 1. The van der Waals surface area contributed by atoms with Crippen LogP contribution in [0.4, 0.5) is 0 Å². The summed E-state index contributed by atoms with van der Waals surface area (Å²) in [6.45, 7) is 3.50. The first-order valence-corrected chi connectivity index (χ1v) is 6.59. The van der Waals surface area contributed by atoms with Crippen molar-refractivity contribution in [3.63, 3.8) is 0 Å². The van der Waals surface area contributed by atoms with E-state index in [2.05, 4.69) is 6.92 Å². The molecule has 2 rings (SSSR count). The van der Waals surface area contributed by atoms with Gasteiger partial charge >= 0.3 is 0 Å². The highest BCUT2D eigenvalue weighted by Gasteiger charge is 2.49. The summed E-state index contributed by atoms with van der Waals surface area (Å²) in [4.78, 5) is 0. The Labute approximate surface area is 103 Å². The summed E-state index contributed by atoms with van der Waals surface area (Å²) in [5.41, 5.74) is -0.472. The number of rotatable bonds is 4. The van der Waals surface area contributed by atoms with Crippen molar-refractivity contribution < 1.29 is 19.3 Å². The van der Waals surface area contributed by atoms with Crippen molar-refractivity contribution in [1.29, 1.82) is 0 Å². The van der Waals surface area contributed by atoms with Crippen LogP contribution in [0.5, 0.6) is 0 Å². The summed E-state index contributed by atoms with van der Waals surface area (Å²) >= 11 is 0. The molecule has 0 radical (unpaired) electrons. The summed E-state index contributed by atoms with van der Waals surface area (Å²) in [5, 5.41) is 9.48. The van der Waals surface area contributed by atoms with E-state index >= 15 is 0 Å². The Balaban J connectivity index is 1.91. The largest absolute Gasteiger partial charge is 0.393 e. The molecule has 3 unspecified atom stereocenters. The lowest BCUT2D eigenvalue weighted by Crippen LogP contribution is -2.46. The van der Waals surface area contributed by atoms with E-state index in [-0.39, 0.29) is 23.9 Å². The predicted octanol–water partition coefficient (Wildman–Crippen LogP) is 1.50. The first kappa shape index (κ1) is 13.3. The fourth-order valence-electron chi connectivity index (χ4n) is 2.93. The van der Waals surface area contributed by atoms with Crippen molar-refractivity contribution in [2.24, 2.45) is 0 Å². The van der Waals surface area contributed by atoms with Gasteiger partial charge in [-0.2, -0.15) is 0 Å². The third-order valence-electron chi connectivity index (χ3n) is 4.26. The van der Waals surface area contributed by atoms with Gasteiger partial charge in [0.25, 0.3) is 0 Å². The van der Waals surface area contributed by atoms with E-state index in [1.165, 1.54) is 0 Å². The molecule has 0 aromatic heterocycles. The molecule has 4 nitrogen and oxygen atoms in total. The summed E-state index contributed by atoms with van der Waals surface area (Å²) in [7, 11) is 1.70. The SMILES string of the molecule is CCC1(CO)CCC2(CCC(COC)OC2)O1. The van der Waals surface area contributed by atoms with Gasteiger partial charge in [-0.25, -0.2) is 0 Å². The van der Waals surface area contributed by atoms with E-state index in [4.69, 9.17) is 14.2 Å². The zero-order chi connectivity index (χ0) is 12.4. The van der Waals surface area contributed by atoms with Gasteiger partial charge in [-0.1, -0.05) is 6.92 Å². The zero-order valence-corrected chi connectivity index (χ0v) is 10.9. The topological polar surface area (TPSA) is 47.9 Å². The molecule has 2 saturated heterocycles. The second-order valence-electron chi connectivity index (χ2n) is 5.41. The average molecular weight is 244 g/mol. The lowest BCUT2D eigenvalue weighted by atomic mass is 9.89. The molecule has 1 N–H and O–H groups in total. The Bertz CT molecular complexity index is 242. The molecule has 1 spiro atoms. The molecule has 2 aliphatic rings. The van der Waals surface area contributed by atoms with Crippen LogP contribution in [0.15, 0.2) is 0 Å². The van der Waals surface area contributed by atoms with Crippen LogP contribution in [0, 0.1) is 0 Å². The highest BCUT2D eigenvalue weighted by molar-refractivity contribution is 4.98. The maximum absolute atomic E-state index is 9.48. The highest BCUT2D eigenvalue weighted by Crippen LogP contribution is 2.44. The van der Waals surface area contributed by atoms with Crippen molar-refractivity contribution in [3.05, 3.63) is 0 Å². The van der Waals surface area contributed by atoms with E-state index in [1.54, 1.807) is 7.11 Å². The summed E-state index contributed by atoms with van der Waals surface area (Å²) in [6, 6.07) is 0. The monoisotopic (exact) mass is 244 g/mol. The summed E-state index contributed by atoms with van der Waals surface area (Å²) < 4.78 is 17.1. The van der Waals surface area contributed by atoms with Crippen LogP contribution in [0.1, 0.15) is 39.0 Å². The second-order valence-corrected chi connectivity index (χ2v) is 5.41. The zero-order valence-electron chi connectivity index (χ0n) is 10.9. The number of methoxy groups -OCH3 is 1. The first-order valence-electron chi connectivity index (χ1n) is 6.59. The molecule has 2 fully saturated rings. The number of aliphatic hydroxyl groups excluding tert-OH is 1. The lowest BCUT2D eigenvalue weighted by Gasteiger charge is -2.39. The highest BCUT2D eigenvalue weighted by atomic mass is 16.6. The number of ether oxygens (including phenoxy) is 3. The molecule has 0 aromatic rings. The standard InChI is InChI=1S/C13H24O4/c1-3-12(9-14)6-7-13(17-12)5-4-11(8-15-2)16-10-13/h11,14H,3-10H2,1-2H3. The quantitative estimate of drug-likeness (QED) is 0.814. The fraction of sp³-hybridized carbons (Fsp3) is 1.00. The normalized spacial score (nSPS) is 42.2. The van der Waals surface area contributed by atoms with Crippen molar-refractivity contribution in [2.75, 3.05) is 26.9 Å². The smallest absolute Gasteiger partial charge is 0.0925 e. The minimum atomic E-state index is -0.322. The van der Waals surface area contributed by atoms with Crippen LogP contribution in [-0.2, 0) is 14.2 Å². The second kappa shape index (κ2) is 5.22. The van der Waals surface area contributed by atoms with E-state index in [0.717, 1.165) is 32.1 Å². The third-order valence-corrected chi connectivity index (χ3v) is 4.26. The van der Waals surface area contributed by atoms with Gasteiger partial charge in [0.2, 0.25) is 0 Å². The number of hydrogen-bond donors (Lipinski definition) is 1. The molecule has 3 atom stereocenters. The maximum atomic E-state index is 9.48. The molecule has 100 valence electrons. The first-order chi connectivity index (χ1) is 8.17. The Morgan fingerprint density at radius 1 is 1.35 bits per heavy atom. The molecule has 0 aromatic carbocycles. The molecule has 0 amide bonds. The van der Waals surface area contributed by atoms with Gasteiger partial charge in [-0.05, 0) is 32.1 Å². The third kappa shape index (κ3) is 2.65. The Morgan fingerprint density at radius 2 is 2.18 bits per heavy atom. The molecule has 4 heteroatoms. The fourth-order valence-corrected chi connectivity index (χ4v) is 2.93. The maximum Gasteiger partial charge on any atom is 0.0925 e. The van der Waals surface area contributed by atoms with Gasteiger partial charge in [0.05, 0.1) is 37.1 Å². The minimum absolute atomic E-state index is 0.118. The lowest BCUT2D eigenvalue weighted by molar-refractivity contribution is -0.190. The molecule has 2 aliphatic heterocycles. The van der Waals surface area contributed by atoms with Gasteiger partial charge < -0.3 is 19.3 Å². The van der Waals surface area contributed by atoms with Gasteiger partial charge in [-0.15, -0.1) is 0 Å². The minimum Gasteiger partial charge on any atom is -0.393 e. The Kier molecular flexibility index (Phi) is 4.08. The predicted molar refractivity (Wildman–Crippen MR) is 64.0 cm³/mol. The molecule has 2 heterocycles. The summed E-state index contributed by atoms with van der Waals surface area (Å²) in [6.07, 6.45) is 5.02. The van der Waals surface area contributed by atoms with E-state index in [1.807, 2.05) is 0 Å². The Hall–Kier alpha value is -0.160. The number of hydrogen-bond acceptors (Lipinski definition) is 4. The van der Waals surface area contributed by atoms with Crippen LogP contribution in [0.2, 0.25) is 0 Å². The van der Waals surface area contributed by atoms with Crippen molar-refractivity contribution in [1.82, 2.24) is 0 Å². The van der Waals surface area contributed by atoms with Crippen LogP contribution >= 0.6 is 0 Å². The van der Waals surface area contributed by atoms with Gasteiger partial charge in [0, 0.05) is 7.11 Å². The van der Waals surface area contributed by atoms with Gasteiger partial charge in [0.15, 0.2) is 0 Å². The van der Waals surface area contributed by atoms with Crippen LogP contribution in [-0.4, -0.2) is 49.3 Å². The van der Waals surface area contributed by atoms with E-state index in [0.29, 0.717) is 13.2 Å². The molecule has 0 aliphatic carbocycles. The van der Waals surface area contributed by atoms with E-state index < -0.39 is 0 Å². The van der Waals surface area contributed by atoms with E-state index in [9.17, 15) is 5.11 Å². The molecule has 0 bridgehead atoms. The van der Waals surface area contributed by atoms with Crippen LogP contribution in [0.3, 0.4) is 0 Å². The van der Waals surface area contributed by atoms with Crippen molar-refractivity contribution in [2.45, 2.75) is 56.3 Å².